The number of halogens is 1. The molecule has 0 bridgehead atoms. The highest BCUT2D eigenvalue weighted by Gasteiger charge is 2.26. The molecule has 0 N–H and O–H groups in total. The van der Waals surface area contributed by atoms with E-state index in [0.717, 1.165) is 25.6 Å². The van der Waals surface area contributed by atoms with Crippen molar-refractivity contribution in [3.05, 3.63) is 39.3 Å². The molecule has 0 atom stereocenters. The SMILES string of the molecule is Cc1nc(-c2ccccc2Br)sc1C(C)(C)C#N. The Hall–Kier alpha value is -1.18. The Morgan fingerprint density at radius 3 is 2.61 bits per heavy atom. The fourth-order valence-corrected chi connectivity index (χ4v) is 3.54. The number of rotatable bonds is 2. The van der Waals surface area contributed by atoms with Gasteiger partial charge < -0.3 is 0 Å². The van der Waals surface area contributed by atoms with Crippen LogP contribution in [-0.4, -0.2) is 4.98 Å². The van der Waals surface area contributed by atoms with Crippen LogP contribution in [0.1, 0.15) is 24.4 Å². The normalized spacial score (nSPS) is 11.3. The molecule has 0 saturated heterocycles. The smallest absolute Gasteiger partial charge is 0.125 e. The van der Waals surface area contributed by atoms with Crippen molar-refractivity contribution in [3.8, 4) is 16.6 Å². The van der Waals surface area contributed by atoms with Gasteiger partial charge in [-0.2, -0.15) is 5.26 Å². The first-order valence-electron chi connectivity index (χ1n) is 5.60. The summed E-state index contributed by atoms with van der Waals surface area (Å²) in [6, 6.07) is 10.3. The number of thiazole rings is 1. The molecule has 1 aromatic heterocycles. The molecule has 0 spiro atoms. The van der Waals surface area contributed by atoms with Crippen molar-refractivity contribution in [2.24, 2.45) is 0 Å². The zero-order valence-electron chi connectivity index (χ0n) is 10.5. The minimum absolute atomic E-state index is 0.485. The molecular formula is C14H13BrN2S. The van der Waals surface area contributed by atoms with E-state index >= 15 is 0 Å². The predicted molar refractivity (Wildman–Crippen MR) is 78.6 cm³/mol. The second-order valence-corrected chi connectivity index (χ2v) is 6.50. The third-order valence-electron chi connectivity index (χ3n) is 2.75. The van der Waals surface area contributed by atoms with Crippen molar-refractivity contribution in [3.63, 3.8) is 0 Å². The summed E-state index contributed by atoms with van der Waals surface area (Å²) in [6.45, 7) is 5.82. The lowest BCUT2D eigenvalue weighted by molar-refractivity contribution is 0.695. The van der Waals surface area contributed by atoms with Crippen molar-refractivity contribution in [2.75, 3.05) is 0 Å². The van der Waals surface area contributed by atoms with Crippen LogP contribution in [0.4, 0.5) is 0 Å². The number of hydrogen-bond acceptors (Lipinski definition) is 3. The Morgan fingerprint density at radius 1 is 1.33 bits per heavy atom. The molecule has 0 fully saturated rings. The molecule has 0 amide bonds. The van der Waals surface area contributed by atoms with E-state index < -0.39 is 5.41 Å². The Labute approximate surface area is 119 Å². The number of hydrogen-bond donors (Lipinski definition) is 0. The topological polar surface area (TPSA) is 36.7 Å². The fraction of sp³-hybridized carbons (Fsp3) is 0.286. The van der Waals surface area contributed by atoms with Gasteiger partial charge in [0.15, 0.2) is 0 Å². The van der Waals surface area contributed by atoms with Gasteiger partial charge in [0.05, 0.1) is 17.2 Å². The quantitative estimate of drug-likeness (QED) is 0.805. The zero-order valence-corrected chi connectivity index (χ0v) is 12.9. The molecular weight excluding hydrogens is 308 g/mol. The first-order chi connectivity index (χ1) is 8.45. The Balaban J connectivity index is 2.55. The van der Waals surface area contributed by atoms with Gasteiger partial charge in [-0.15, -0.1) is 11.3 Å². The molecule has 0 saturated carbocycles. The Morgan fingerprint density at radius 2 is 2.00 bits per heavy atom. The second-order valence-electron chi connectivity index (χ2n) is 4.65. The molecule has 0 unspecified atom stereocenters. The summed E-state index contributed by atoms with van der Waals surface area (Å²) in [5, 5.41) is 10.2. The highest BCUT2D eigenvalue weighted by atomic mass is 79.9. The van der Waals surface area contributed by atoms with Gasteiger partial charge in [0.2, 0.25) is 0 Å². The number of nitrogens with zero attached hydrogens (tertiary/aromatic N) is 2. The highest BCUT2D eigenvalue weighted by molar-refractivity contribution is 9.10. The molecule has 92 valence electrons. The number of benzene rings is 1. The number of nitriles is 1. The maximum atomic E-state index is 9.23. The second kappa shape index (κ2) is 4.83. The Kier molecular flexibility index (Phi) is 3.56. The van der Waals surface area contributed by atoms with E-state index in [1.807, 2.05) is 45.0 Å². The number of aryl methyl sites for hydroxylation is 1. The van der Waals surface area contributed by atoms with E-state index in [0.29, 0.717) is 0 Å². The summed E-state index contributed by atoms with van der Waals surface area (Å²) in [4.78, 5) is 5.63. The van der Waals surface area contributed by atoms with Gasteiger partial charge in [-0.25, -0.2) is 4.98 Å². The van der Waals surface area contributed by atoms with E-state index in [9.17, 15) is 5.26 Å². The number of aromatic nitrogens is 1. The summed E-state index contributed by atoms with van der Waals surface area (Å²) < 4.78 is 1.03. The molecule has 0 aliphatic heterocycles. The molecule has 0 radical (unpaired) electrons. The van der Waals surface area contributed by atoms with Crippen LogP contribution in [0, 0.1) is 18.3 Å². The van der Waals surface area contributed by atoms with E-state index in [4.69, 9.17) is 0 Å². The fourth-order valence-electron chi connectivity index (χ4n) is 1.78. The predicted octanol–water partition coefficient (Wildman–Crippen LogP) is 4.68. The first kappa shape index (κ1) is 13.3. The van der Waals surface area contributed by atoms with E-state index in [-0.39, 0.29) is 0 Å². The standard InChI is InChI=1S/C14H13BrN2S/c1-9-12(14(2,3)8-16)18-13(17-9)10-6-4-5-7-11(10)15/h4-7H,1-3H3. The van der Waals surface area contributed by atoms with E-state index in [1.165, 1.54) is 0 Å². The minimum Gasteiger partial charge on any atom is -0.241 e. The maximum absolute atomic E-state index is 9.23. The van der Waals surface area contributed by atoms with Gasteiger partial charge >= 0.3 is 0 Å². The lowest BCUT2D eigenvalue weighted by atomic mass is 9.93. The summed E-state index contributed by atoms with van der Waals surface area (Å²) >= 11 is 5.13. The molecule has 0 aliphatic carbocycles. The van der Waals surface area contributed by atoms with Crippen LogP contribution in [0.15, 0.2) is 28.7 Å². The van der Waals surface area contributed by atoms with Crippen LogP contribution in [0.2, 0.25) is 0 Å². The summed E-state index contributed by atoms with van der Waals surface area (Å²) in [5.74, 6) is 0. The van der Waals surface area contributed by atoms with Gasteiger partial charge in [-0.1, -0.05) is 34.1 Å². The summed E-state index contributed by atoms with van der Waals surface area (Å²) in [5.41, 5.74) is 1.53. The highest BCUT2D eigenvalue weighted by Crippen LogP contribution is 2.37. The molecule has 4 heteroatoms. The third-order valence-corrected chi connectivity index (χ3v) is 4.95. The zero-order chi connectivity index (χ0) is 13.3. The first-order valence-corrected chi connectivity index (χ1v) is 7.20. The van der Waals surface area contributed by atoms with Crippen LogP contribution >= 0.6 is 27.3 Å². The van der Waals surface area contributed by atoms with Gasteiger partial charge in [-0.05, 0) is 26.8 Å². The lowest BCUT2D eigenvalue weighted by Gasteiger charge is -2.12. The van der Waals surface area contributed by atoms with Crippen LogP contribution in [0.5, 0.6) is 0 Å². The molecule has 2 nitrogen and oxygen atoms in total. The minimum atomic E-state index is -0.485. The lowest BCUT2D eigenvalue weighted by Crippen LogP contribution is -2.13. The summed E-state index contributed by atoms with van der Waals surface area (Å²) in [6.07, 6.45) is 0. The van der Waals surface area contributed by atoms with Crippen molar-refractivity contribution in [1.82, 2.24) is 4.98 Å². The monoisotopic (exact) mass is 320 g/mol. The molecule has 1 aromatic carbocycles. The largest absolute Gasteiger partial charge is 0.241 e. The van der Waals surface area contributed by atoms with Crippen molar-refractivity contribution in [2.45, 2.75) is 26.2 Å². The third kappa shape index (κ3) is 2.33. The van der Waals surface area contributed by atoms with Crippen LogP contribution in [0.3, 0.4) is 0 Å². The summed E-state index contributed by atoms with van der Waals surface area (Å²) in [7, 11) is 0. The molecule has 2 aromatic rings. The molecule has 1 heterocycles. The average molecular weight is 321 g/mol. The van der Waals surface area contributed by atoms with Crippen LogP contribution in [0.25, 0.3) is 10.6 Å². The van der Waals surface area contributed by atoms with Crippen LogP contribution in [-0.2, 0) is 5.41 Å². The van der Waals surface area contributed by atoms with E-state index in [2.05, 4.69) is 27.0 Å². The van der Waals surface area contributed by atoms with Gasteiger partial charge in [-0.3, -0.25) is 0 Å². The Bertz CT molecular complexity index is 623. The van der Waals surface area contributed by atoms with Gasteiger partial charge in [0, 0.05) is 14.9 Å². The average Bonchev–Trinajstić information content (AvgIpc) is 2.72. The molecule has 0 aliphatic rings. The van der Waals surface area contributed by atoms with Crippen LogP contribution < -0.4 is 0 Å². The van der Waals surface area contributed by atoms with Gasteiger partial charge in [0.1, 0.15) is 5.01 Å². The molecule has 2 rings (SSSR count). The van der Waals surface area contributed by atoms with E-state index in [1.54, 1.807) is 11.3 Å². The van der Waals surface area contributed by atoms with Crippen molar-refractivity contribution < 1.29 is 0 Å². The van der Waals surface area contributed by atoms with Crippen molar-refractivity contribution in [1.29, 1.82) is 5.26 Å². The molecule has 18 heavy (non-hydrogen) atoms. The maximum Gasteiger partial charge on any atom is 0.125 e. The van der Waals surface area contributed by atoms with Crippen molar-refractivity contribution >= 4 is 27.3 Å². The van der Waals surface area contributed by atoms with Gasteiger partial charge in [0.25, 0.3) is 0 Å².